The lowest BCUT2D eigenvalue weighted by Gasteiger charge is -2.26. The number of hydrogen-bond acceptors (Lipinski definition) is 6. The van der Waals surface area contributed by atoms with Crippen molar-refractivity contribution in [3.63, 3.8) is 0 Å². The molecular formula is C13H11N3O4S2. The van der Waals surface area contributed by atoms with E-state index in [2.05, 4.69) is 10.3 Å². The fourth-order valence-electron chi connectivity index (χ4n) is 2.05. The highest BCUT2D eigenvalue weighted by atomic mass is 32.2. The van der Waals surface area contributed by atoms with Gasteiger partial charge >= 0.3 is 0 Å². The van der Waals surface area contributed by atoms with E-state index in [1.807, 2.05) is 0 Å². The highest BCUT2D eigenvalue weighted by Gasteiger charge is 2.39. The van der Waals surface area contributed by atoms with Crippen molar-refractivity contribution in [3.05, 3.63) is 47.1 Å². The van der Waals surface area contributed by atoms with Crippen LogP contribution in [0.3, 0.4) is 0 Å². The molecule has 22 heavy (non-hydrogen) atoms. The van der Waals surface area contributed by atoms with E-state index in [0.717, 1.165) is 15.6 Å². The molecule has 1 amide bonds. The average Bonchev–Trinajstić information content (AvgIpc) is 2.97. The van der Waals surface area contributed by atoms with Crippen LogP contribution in [0.5, 0.6) is 0 Å². The smallest absolute Gasteiger partial charge is 0.277 e. The standard InChI is InChI=1S/C13H11N3O4S2/c1-16-10(12(18)15-9-4-2-3-6-14-9)11(17)8-5-7-21-13(8)22(16,19)20/h2-7,17H,1H3,(H,14,15,18). The number of fused-ring (bicyclic) bond motifs is 1. The van der Waals surface area contributed by atoms with Gasteiger partial charge in [0.1, 0.15) is 5.82 Å². The Morgan fingerprint density at radius 2 is 2.14 bits per heavy atom. The third-order valence-corrected chi connectivity index (χ3v) is 6.36. The van der Waals surface area contributed by atoms with Crippen LogP contribution in [0.4, 0.5) is 5.82 Å². The van der Waals surface area contributed by atoms with Crippen molar-refractivity contribution >= 4 is 38.8 Å². The summed E-state index contributed by atoms with van der Waals surface area (Å²) in [5, 5.41) is 14.3. The molecule has 3 rings (SSSR count). The Morgan fingerprint density at radius 3 is 2.82 bits per heavy atom. The van der Waals surface area contributed by atoms with Gasteiger partial charge in [0.25, 0.3) is 15.9 Å². The summed E-state index contributed by atoms with van der Waals surface area (Å²) >= 11 is 0.990. The summed E-state index contributed by atoms with van der Waals surface area (Å²) in [5.41, 5.74) is -0.203. The van der Waals surface area contributed by atoms with Gasteiger partial charge in [-0.1, -0.05) is 6.07 Å². The number of thiophene rings is 1. The predicted molar refractivity (Wildman–Crippen MR) is 81.7 cm³/mol. The number of hydrogen-bond donors (Lipinski definition) is 2. The number of carbonyl (C=O) groups is 1. The summed E-state index contributed by atoms with van der Waals surface area (Å²) in [6.45, 7) is 0. The summed E-state index contributed by atoms with van der Waals surface area (Å²) in [5.74, 6) is -0.865. The minimum atomic E-state index is -3.84. The number of aliphatic hydroxyl groups excluding tert-OH is 1. The van der Waals surface area contributed by atoms with Crippen molar-refractivity contribution in [2.45, 2.75) is 4.21 Å². The SMILES string of the molecule is CN1C(C(=O)Nc2ccccn2)=C(O)c2ccsc2S1(=O)=O. The molecule has 0 saturated heterocycles. The predicted octanol–water partition coefficient (Wildman–Crippen LogP) is 1.64. The van der Waals surface area contributed by atoms with Crippen molar-refractivity contribution in [2.24, 2.45) is 0 Å². The summed E-state index contributed by atoms with van der Waals surface area (Å²) in [4.78, 5) is 16.3. The molecule has 0 unspecified atom stereocenters. The van der Waals surface area contributed by atoms with E-state index in [-0.39, 0.29) is 27.0 Å². The van der Waals surface area contributed by atoms with E-state index >= 15 is 0 Å². The van der Waals surface area contributed by atoms with Crippen LogP contribution in [0.15, 0.2) is 45.7 Å². The second-order valence-electron chi connectivity index (χ2n) is 4.46. The molecule has 2 aromatic heterocycles. The topological polar surface area (TPSA) is 99.6 Å². The normalized spacial score (nSPS) is 16.3. The van der Waals surface area contributed by atoms with E-state index < -0.39 is 15.9 Å². The molecule has 0 bridgehead atoms. The number of amides is 1. The Hall–Kier alpha value is -2.39. The largest absolute Gasteiger partial charge is 0.505 e. The zero-order valence-corrected chi connectivity index (χ0v) is 13.0. The molecule has 9 heteroatoms. The number of nitrogens with one attached hydrogen (secondary N) is 1. The Kier molecular flexibility index (Phi) is 3.38. The molecule has 0 atom stereocenters. The van der Waals surface area contributed by atoms with Gasteiger partial charge in [-0.25, -0.2) is 13.4 Å². The number of carbonyl (C=O) groups excluding carboxylic acids is 1. The average molecular weight is 337 g/mol. The van der Waals surface area contributed by atoms with Gasteiger partial charge in [-0.05, 0) is 23.6 Å². The van der Waals surface area contributed by atoms with Crippen molar-refractivity contribution < 1.29 is 18.3 Å². The first-order chi connectivity index (χ1) is 10.4. The molecule has 0 aromatic carbocycles. The van der Waals surface area contributed by atoms with Crippen molar-refractivity contribution in [1.29, 1.82) is 0 Å². The van der Waals surface area contributed by atoms with Gasteiger partial charge in [0.05, 0.1) is 5.56 Å². The molecule has 0 aliphatic carbocycles. The first kappa shape index (κ1) is 14.5. The molecule has 2 aromatic rings. The van der Waals surface area contributed by atoms with Gasteiger partial charge in [-0.15, -0.1) is 11.3 Å². The van der Waals surface area contributed by atoms with Crippen molar-refractivity contribution in [1.82, 2.24) is 9.29 Å². The van der Waals surface area contributed by atoms with Gasteiger partial charge in [-0.2, -0.15) is 0 Å². The van der Waals surface area contributed by atoms with Crippen LogP contribution in [0.1, 0.15) is 5.56 Å². The lowest BCUT2D eigenvalue weighted by molar-refractivity contribution is -0.113. The van der Waals surface area contributed by atoms with Crippen molar-refractivity contribution in [3.8, 4) is 0 Å². The Labute approximate surface area is 130 Å². The molecule has 7 nitrogen and oxygen atoms in total. The molecule has 0 fully saturated rings. The minimum absolute atomic E-state index is 0.0156. The van der Waals surface area contributed by atoms with Gasteiger partial charge in [0.15, 0.2) is 15.7 Å². The zero-order valence-electron chi connectivity index (χ0n) is 11.3. The maximum atomic E-state index is 12.4. The molecule has 114 valence electrons. The van der Waals surface area contributed by atoms with E-state index in [1.54, 1.807) is 23.6 Å². The molecule has 2 N–H and O–H groups in total. The second-order valence-corrected chi connectivity index (χ2v) is 7.54. The monoisotopic (exact) mass is 337 g/mol. The van der Waals surface area contributed by atoms with Crippen LogP contribution >= 0.6 is 11.3 Å². The number of aliphatic hydroxyl groups is 1. The van der Waals surface area contributed by atoms with E-state index in [0.29, 0.717) is 0 Å². The first-order valence-electron chi connectivity index (χ1n) is 6.15. The minimum Gasteiger partial charge on any atom is -0.505 e. The van der Waals surface area contributed by atoms with Crippen LogP contribution in [-0.2, 0) is 14.8 Å². The van der Waals surface area contributed by atoms with Gasteiger partial charge in [0.2, 0.25) is 0 Å². The third kappa shape index (κ3) is 2.14. The first-order valence-corrected chi connectivity index (χ1v) is 8.47. The van der Waals surface area contributed by atoms with E-state index in [9.17, 15) is 18.3 Å². The molecule has 0 saturated carbocycles. The van der Waals surface area contributed by atoms with Crippen LogP contribution in [0.25, 0.3) is 5.76 Å². The highest BCUT2D eigenvalue weighted by Crippen LogP contribution is 2.38. The highest BCUT2D eigenvalue weighted by molar-refractivity contribution is 7.91. The van der Waals surface area contributed by atoms with Crippen LogP contribution < -0.4 is 5.32 Å². The maximum Gasteiger partial charge on any atom is 0.277 e. The fourth-order valence-corrected chi connectivity index (χ4v) is 4.76. The van der Waals surface area contributed by atoms with Gasteiger partial charge in [0, 0.05) is 13.2 Å². The number of anilines is 1. The maximum absolute atomic E-state index is 12.4. The Morgan fingerprint density at radius 1 is 1.36 bits per heavy atom. The lowest BCUT2D eigenvalue weighted by atomic mass is 10.2. The third-order valence-electron chi connectivity index (χ3n) is 3.14. The van der Waals surface area contributed by atoms with Gasteiger partial charge in [-0.3, -0.25) is 9.10 Å². The quantitative estimate of drug-likeness (QED) is 0.868. The van der Waals surface area contributed by atoms with E-state index in [1.165, 1.54) is 19.3 Å². The molecule has 0 spiro atoms. The van der Waals surface area contributed by atoms with Crippen molar-refractivity contribution in [2.75, 3.05) is 12.4 Å². The Balaban J connectivity index is 2.06. The molecule has 3 heterocycles. The number of sulfonamides is 1. The summed E-state index contributed by atoms with van der Waals surface area (Å²) < 4.78 is 25.5. The summed E-state index contributed by atoms with van der Waals surface area (Å²) in [6.07, 6.45) is 1.49. The number of nitrogens with zero attached hydrogens (tertiary/aromatic N) is 2. The molecule has 0 radical (unpaired) electrons. The lowest BCUT2D eigenvalue weighted by Crippen LogP contribution is -2.36. The van der Waals surface area contributed by atoms with Crippen LogP contribution in [0.2, 0.25) is 0 Å². The summed E-state index contributed by atoms with van der Waals surface area (Å²) in [7, 11) is -2.62. The van der Waals surface area contributed by atoms with E-state index in [4.69, 9.17) is 0 Å². The Bertz CT molecular complexity index is 872. The number of likely N-dealkylation sites (N-methyl/N-ethyl adjacent to an activating group) is 1. The van der Waals surface area contributed by atoms with Crippen LogP contribution in [0, 0.1) is 0 Å². The zero-order chi connectivity index (χ0) is 15.9. The summed E-state index contributed by atoms with van der Waals surface area (Å²) in [6, 6.07) is 6.38. The molecule has 1 aliphatic rings. The van der Waals surface area contributed by atoms with Gasteiger partial charge < -0.3 is 10.4 Å². The molecule has 1 aliphatic heterocycles. The fraction of sp³-hybridized carbons (Fsp3) is 0.0769. The number of rotatable bonds is 2. The second kappa shape index (κ2) is 5.11. The van der Waals surface area contributed by atoms with Crippen LogP contribution in [-0.4, -0.2) is 35.8 Å². The number of aromatic nitrogens is 1. The molecular weight excluding hydrogens is 326 g/mol. The number of pyridine rings is 1.